The van der Waals surface area contributed by atoms with Crippen LogP contribution < -0.4 is 0 Å². The molecule has 0 amide bonds. The van der Waals surface area contributed by atoms with Crippen molar-refractivity contribution in [2.24, 2.45) is 13.0 Å². The van der Waals surface area contributed by atoms with E-state index in [2.05, 4.69) is 25.0 Å². The number of nitrogens with zero attached hydrogens (tertiary/aromatic N) is 7. The van der Waals surface area contributed by atoms with E-state index in [0.717, 1.165) is 37.6 Å². The molecule has 8 heteroatoms. The Kier molecular flexibility index (Phi) is 3.99. The Hall–Kier alpha value is -2.32. The number of aromatic nitrogens is 6. The van der Waals surface area contributed by atoms with Crippen LogP contribution in [0, 0.1) is 5.92 Å². The van der Waals surface area contributed by atoms with Gasteiger partial charge in [-0.3, -0.25) is 4.90 Å². The summed E-state index contributed by atoms with van der Waals surface area (Å²) in [6.07, 6.45) is 8.57. The molecular weight excluding hydrogens is 306 g/mol. The Bertz CT molecular complexity index is 786. The SMILES string of the molecule is Cn1ccnc1[C@@H](O)C1CCN(Cc2nc3ncccn3n2)CC1. The predicted octanol–water partition coefficient (Wildman–Crippen LogP) is 0.803. The van der Waals surface area contributed by atoms with E-state index in [1.807, 2.05) is 30.1 Å². The van der Waals surface area contributed by atoms with E-state index in [4.69, 9.17) is 0 Å². The molecule has 1 saturated heterocycles. The van der Waals surface area contributed by atoms with E-state index < -0.39 is 6.10 Å². The summed E-state index contributed by atoms with van der Waals surface area (Å²) in [7, 11) is 1.92. The maximum atomic E-state index is 10.5. The Morgan fingerprint density at radius 2 is 2.04 bits per heavy atom. The van der Waals surface area contributed by atoms with Gasteiger partial charge < -0.3 is 9.67 Å². The molecule has 1 N–H and O–H groups in total. The van der Waals surface area contributed by atoms with E-state index in [1.165, 1.54) is 0 Å². The first kappa shape index (κ1) is 15.2. The first-order valence-electron chi connectivity index (χ1n) is 8.24. The third kappa shape index (κ3) is 2.90. The Morgan fingerprint density at radius 3 is 2.75 bits per heavy atom. The summed E-state index contributed by atoms with van der Waals surface area (Å²) < 4.78 is 3.59. The number of fused-ring (bicyclic) bond motifs is 1. The minimum atomic E-state index is -0.496. The highest BCUT2D eigenvalue weighted by Crippen LogP contribution is 2.30. The molecule has 4 heterocycles. The summed E-state index contributed by atoms with van der Waals surface area (Å²) in [6, 6.07) is 1.84. The second-order valence-corrected chi connectivity index (χ2v) is 6.35. The molecule has 126 valence electrons. The van der Waals surface area contributed by atoms with Gasteiger partial charge in [-0.05, 0) is 37.9 Å². The third-order valence-electron chi connectivity index (χ3n) is 4.73. The lowest BCUT2D eigenvalue weighted by Gasteiger charge is -2.33. The highest BCUT2D eigenvalue weighted by molar-refractivity contribution is 5.24. The highest BCUT2D eigenvalue weighted by Gasteiger charge is 2.28. The first-order chi connectivity index (χ1) is 11.7. The summed E-state index contributed by atoms with van der Waals surface area (Å²) in [4.78, 5) is 15.2. The van der Waals surface area contributed by atoms with Crippen LogP contribution in [0.4, 0.5) is 0 Å². The predicted molar refractivity (Wildman–Crippen MR) is 87.0 cm³/mol. The summed E-state index contributed by atoms with van der Waals surface area (Å²) in [6.45, 7) is 2.57. The minimum Gasteiger partial charge on any atom is -0.385 e. The van der Waals surface area contributed by atoms with Crippen LogP contribution in [0.25, 0.3) is 5.78 Å². The number of hydrogen-bond acceptors (Lipinski definition) is 6. The zero-order valence-corrected chi connectivity index (χ0v) is 13.7. The molecule has 1 fully saturated rings. The normalized spacial score (nSPS) is 18.2. The van der Waals surface area contributed by atoms with Crippen LogP contribution >= 0.6 is 0 Å². The van der Waals surface area contributed by atoms with Crippen molar-refractivity contribution in [3.8, 4) is 0 Å². The summed E-state index contributed by atoms with van der Waals surface area (Å²) in [5, 5.41) is 15.0. The number of rotatable bonds is 4. The lowest BCUT2D eigenvalue weighted by atomic mass is 9.90. The highest BCUT2D eigenvalue weighted by atomic mass is 16.3. The zero-order valence-electron chi connectivity index (χ0n) is 13.7. The number of imidazole rings is 1. The van der Waals surface area contributed by atoms with Crippen molar-refractivity contribution in [1.82, 2.24) is 34.0 Å². The maximum Gasteiger partial charge on any atom is 0.252 e. The molecule has 0 spiro atoms. The Labute approximate surface area is 139 Å². The molecule has 1 aliphatic rings. The average Bonchev–Trinajstić information content (AvgIpc) is 3.20. The van der Waals surface area contributed by atoms with E-state index in [1.54, 1.807) is 16.9 Å². The van der Waals surface area contributed by atoms with E-state index >= 15 is 0 Å². The van der Waals surface area contributed by atoms with Crippen LogP contribution in [-0.4, -0.2) is 52.2 Å². The van der Waals surface area contributed by atoms with Crippen molar-refractivity contribution in [2.45, 2.75) is 25.5 Å². The molecule has 4 rings (SSSR count). The lowest BCUT2D eigenvalue weighted by molar-refractivity contribution is 0.0486. The van der Waals surface area contributed by atoms with Crippen LogP contribution in [0.3, 0.4) is 0 Å². The van der Waals surface area contributed by atoms with Gasteiger partial charge in [-0.1, -0.05) is 0 Å². The quantitative estimate of drug-likeness (QED) is 0.763. The lowest BCUT2D eigenvalue weighted by Crippen LogP contribution is -2.36. The van der Waals surface area contributed by atoms with Gasteiger partial charge in [0.05, 0.1) is 6.54 Å². The van der Waals surface area contributed by atoms with E-state index in [0.29, 0.717) is 12.3 Å². The van der Waals surface area contributed by atoms with Gasteiger partial charge in [0, 0.05) is 31.8 Å². The number of aliphatic hydroxyl groups excluding tert-OH is 1. The number of aliphatic hydroxyl groups is 1. The maximum absolute atomic E-state index is 10.5. The summed E-state index contributed by atoms with van der Waals surface area (Å²) >= 11 is 0. The standard InChI is InChI=1S/C16H21N7O/c1-21-10-6-17-15(21)14(24)12-3-8-22(9-4-12)11-13-19-16-18-5-2-7-23(16)20-13/h2,5-7,10,12,14,24H,3-4,8-9,11H2,1H3/t14-/m0/s1. The van der Waals surface area contributed by atoms with Crippen molar-refractivity contribution in [3.63, 3.8) is 0 Å². The second-order valence-electron chi connectivity index (χ2n) is 6.35. The average molecular weight is 327 g/mol. The van der Waals surface area contributed by atoms with Crippen molar-refractivity contribution >= 4 is 5.78 Å². The number of hydrogen-bond donors (Lipinski definition) is 1. The van der Waals surface area contributed by atoms with Crippen LogP contribution in [0.15, 0.2) is 30.9 Å². The Balaban J connectivity index is 1.36. The minimum absolute atomic E-state index is 0.248. The molecule has 3 aromatic heterocycles. The summed E-state index contributed by atoms with van der Waals surface area (Å²) in [5.74, 6) is 2.42. The topological polar surface area (TPSA) is 84.4 Å². The number of piperidine rings is 1. The Morgan fingerprint density at radius 1 is 1.21 bits per heavy atom. The van der Waals surface area contributed by atoms with Gasteiger partial charge in [-0.15, -0.1) is 5.10 Å². The number of aryl methyl sites for hydroxylation is 1. The van der Waals surface area contributed by atoms with Crippen LogP contribution in [0.2, 0.25) is 0 Å². The molecule has 24 heavy (non-hydrogen) atoms. The molecule has 0 aliphatic carbocycles. The third-order valence-corrected chi connectivity index (χ3v) is 4.73. The molecular formula is C16H21N7O. The molecule has 0 saturated carbocycles. The van der Waals surface area contributed by atoms with Gasteiger partial charge in [0.25, 0.3) is 5.78 Å². The zero-order chi connectivity index (χ0) is 16.5. The monoisotopic (exact) mass is 327 g/mol. The van der Waals surface area contributed by atoms with Crippen LogP contribution in [0.5, 0.6) is 0 Å². The molecule has 1 aliphatic heterocycles. The van der Waals surface area contributed by atoms with Crippen molar-refractivity contribution in [3.05, 3.63) is 42.5 Å². The molecule has 0 radical (unpaired) electrons. The number of likely N-dealkylation sites (tertiary alicyclic amines) is 1. The van der Waals surface area contributed by atoms with Gasteiger partial charge in [0.15, 0.2) is 5.82 Å². The van der Waals surface area contributed by atoms with Gasteiger partial charge in [0.1, 0.15) is 11.9 Å². The molecule has 0 unspecified atom stereocenters. The van der Waals surface area contributed by atoms with Crippen molar-refractivity contribution < 1.29 is 5.11 Å². The van der Waals surface area contributed by atoms with Gasteiger partial charge in [0.2, 0.25) is 0 Å². The fourth-order valence-electron chi connectivity index (χ4n) is 3.34. The molecule has 1 atom stereocenters. The van der Waals surface area contributed by atoms with Gasteiger partial charge in [-0.2, -0.15) is 4.98 Å². The molecule has 0 aromatic carbocycles. The van der Waals surface area contributed by atoms with E-state index in [-0.39, 0.29) is 5.92 Å². The summed E-state index contributed by atoms with van der Waals surface area (Å²) in [5.41, 5.74) is 0. The molecule has 3 aromatic rings. The van der Waals surface area contributed by atoms with Crippen molar-refractivity contribution in [2.75, 3.05) is 13.1 Å². The first-order valence-corrected chi connectivity index (χ1v) is 8.24. The molecule has 8 nitrogen and oxygen atoms in total. The smallest absolute Gasteiger partial charge is 0.252 e. The molecule has 0 bridgehead atoms. The van der Waals surface area contributed by atoms with Gasteiger partial charge >= 0.3 is 0 Å². The second kappa shape index (κ2) is 6.29. The fourth-order valence-corrected chi connectivity index (χ4v) is 3.34. The van der Waals surface area contributed by atoms with Crippen molar-refractivity contribution in [1.29, 1.82) is 0 Å². The van der Waals surface area contributed by atoms with Crippen LogP contribution in [-0.2, 0) is 13.6 Å². The fraction of sp³-hybridized carbons (Fsp3) is 0.500. The van der Waals surface area contributed by atoms with Crippen LogP contribution in [0.1, 0.15) is 30.6 Å². The van der Waals surface area contributed by atoms with Gasteiger partial charge in [-0.25, -0.2) is 14.5 Å². The van der Waals surface area contributed by atoms with E-state index in [9.17, 15) is 5.11 Å². The largest absolute Gasteiger partial charge is 0.385 e.